The van der Waals surface area contributed by atoms with E-state index >= 15 is 0 Å². The average Bonchev–Trinajstić information content (AvgIpc) is 2.87. The minimum Gasteiger partial charge on any atom is -0.150 e. The Balaban J connectivity index is 1.61. The fourth-order valence-electron chi connectivity index (χ4n) is 4.44. The monoisotopic (exact) mass is 408 g/mol. The van der Waals surface area contributed by atoms with Crippen molar-refractivity contribution in [3.63, 3.8) is 0 Å². The molecule has 0 saturated heterocycles. The summed E-state index contributed by atoms with van der Waals surface area (Å²) >= 11 is 0. The number of hydrogen-bond acceptors (Lipinski definition) is 2. The highest BCUT2D eigenvalue weighted by Gasteiger charge is 2.12. The Kier molecular flexibility index (Phi) is 4.47. The van der Waals surface area contributed by atoms with Gasteiger partial charge in [-0.25, -0.2) is 0 Å². The van der Waals surface area contributed by atoms with Crippen LogP contribution < -0.4 is 0 Å². The third kappa shape index (κ3) is 3.14. The van der Waals surface area contributed by atoms with Crippen LogP contribution in [0.3, 0.4) is 0 Å². The lowest BCUT2D eigenvalue weighted by molar-refractivity contribution is 1.25. The van der Waals surface area contributed by atoms with Crippen LogP contribution in [0.1, 0.15) is 0 Å². The van der Waals surface area contributed by atoms with Crippen molar-refractivity contribution in [3.8, 4) is 11.1 Å². The normalized spacial score (nSPS) is 11.6. The summed E-state index contributed by atoms with van der Waals surface area (Å²) in [6.07, 6.45) is 0. The molecule has 6 rings (SSSR count). The Hall–Kier alpha value is -4.30. The van der Waals surface area contributed by atoms with E-state index in [9.17, 15) is 0 Å². The summed E-state index contributed by atoms with van der Waals surface area (Å²) in [7, 11) is 0. The highest BCUT2D eigenvalue weighted by Crippen LogP contribution is 2.41. The molecule has 0 bridgehead atoms. The maximum atomic E-state index is 4.86. The summed E-state index contributed by atoms with van der Waals surface area (Å²) in [6, 6.07) is 42.1. The summed E-state index contributed by atoms with van der Waals surface area (Å²) in [6.45, 7) is 0. The minimum absolute atomic E-state index is 0.875. The predicted molar refractivity (Wildman–Crippen MR) is 135 cm³/mol. The fourth-order valence-corrected chi connectivity index (χ4v) is 4.44. The van der Waals surface area contributed by atoms with Gasteiger partial charge in [-0.1, -0.05) is 115 Å². The first kappa shape index (κ1) is 18.5. The van der Waals surface area contributed by atoms with Crippen molar-refractivity contribution >= 4 is 43.7 Å². The van der Waals surface area contributed by atoms with Gasteiger partial charge in [0.15, 0.2) is 0 Å². The Labute approximate surface area is 186 Å². The minimum atomic E-state index is 0.875. The molecule has 0 amide bonds. The number of hydrogen-bond donors (Lipinski definition) is 0. The molecule has 0 aliphatic carbocycles. The SMILES string of the molecule is c1ccc2c(N=Nc3c(-c4cccc5ccccc45)ccc4ccccc34)cccc2c1. The van der Waals surface area contributed by atoms with Gasteiger partial charge in [-0.2, -0.15) is 0 Å². The van der Waals surface area contributed by atoms with Crippen LogP contribution in [0.4, 0.5) is 11.4 Å². The van der Waals surface area contributed by atoms with E-state index in [1.165, 1.54) is 16.3 Å². The fraction of sp³-hybridized carbons (Fsp3) is 0. The maximum absolute atomic E-state index is 4.86. The van der Waals surface area contributed by atoms with Crippen molar-refractivity contribution in [2.75, 3.05) is 0 Å². The molecule has 0 atom stereocenters. The van der Waals surface area contributed by atoms with Gasteiger partial charge in [0.25, 0.3) is 0 Å². The van der Waals surface area contributed by atoms with Gasteiger partial charge in [-0.15, -0.1) is 10.2 Å². The number of nitrogens with zero attached hydrogens (tertiary/aromatic N) is 2. The Morgan fingerprint density at radius 2 is 0.906 bits per heavy atom. The Morgan fingerprint density at radius 1 is 0.344 bits per heavy atom. The highest BCUT2D eigenvalue weighted by atomic mass is 15.1. The van der Waals surface area contributed by atoms with Crippen LogP contribution in [-0.2, 0) is 0 Å². The second kappa shape index (κ2) is 7.75. The average molecular weight is 409 g/mol. The number of benzene rings is 6. The van der Waals surface area contributed by atoms with E-state index in [-0.39, 0.29) is 0 Å². The van der Waals surface area contributed by atoms with Gasteiger partial charge in [0.05, 0.1) is 5.69 Å². The quantitative estimate of drug-likeness (QED) is 0.261. The third-order valence-corrected chi connectivity index (χ3v) is 6.00. The zero-order chi connectivity index (χ0) is 21.3. The van der Waals surface area contributed by atoms with Crippen LogP contribution in [0.5, 0.6) is 0 Å². The molecule has 0 aromatic heterocycles. The number of azo groups is 1. The first-order chi connectivity index (χ1) is 15.9. The second-order valence-corrected chi connectivity index (χ2v) is 7.91. The molecule has 6 aromatic rings. The molecular weight excluding hydrogens is 388 g/mol. The third-order valence-electron chi connectivity index (χ3n) is 6.00. The molecule has 0 spiro atoms. The van der Waals surface area contributed by atoms with E-state index in [1.54, 1.807) is 0 Å². The summed E-state index contributed by atoms with van der Waals surface area (Å²) in [5.74, 6) is 0. The van der Waals surface area contributed by atoms with Crippen LogP contribution in [0.25, 0.3) is 43.4 Å². The zero-order valence-electron chi connectivity index (χ0n) is 17.4. The van der Waals surface area contributed by atoms with Gasteiger partial charge in [0.1, 0.15) is 5.69 Å². The van der Waals surface area contributed by atoms with Gasteiger partial charge < -0.3 is 0 Å². The molecule has 0 saturated carbocycles. The molecule has 32 heavy (non-hydrogen) atoms. The molecule has 0 aliphatic heterocycles. The second-order valence-electron chi connectivity index (χ2n) is 7.91. The van der Waals surface area contributed by atoms with E-state index in [4.69, 9.17) is 10.2 Å². The molecule has 150 valence electrons. The lowest BCUT2D eigenvalue weighted by atomic mass is 9.94. The van der Waals surface area contributed by atoms with Gasteiger partial charge in [-0.3, -0.25) is 0 Å². The van der Waals surface area contributed by atoms with Crippen molar-refractivity contribution < 1.29 is 0 Å². The predicted octanol–water partition coefficient (Wildman–Crippen LogP) is 9.23. The molecule has 0 heterocycles. The molecule has 2 nitrogen and oxygen atoms in total. The van der Waals surface area contributed by atoms with Gasteiger partial charge >= 0.3 is 0 Å². The van der Waals surface area contributed by atoms with E-state index in [2.05, 4.69) is 97.1 Å². The summed E-state index contributed by atoms with van der Waals surface area (Å²) < 4.78 is 0. The van der Waals surface area contributed by atoms with Crippen LogP contribution in [-0.4, -0.2) is 0 Å². The van der Waals surface area contributed by atoms with Crippen LogP contribution in [0.2, 0.25) is 0 Å². The molecule has 0 fully saturated rings. The van der Waals surface area contributed by atoms with Crippen LogP contribution in [0, 0.1) is 0 Å². The maximum Gasteiger partial charge on any atom is 0.101 e. The number of fused-ring (bicyclic) bond motifs is 3. The first-order valence-corrected chi connectivity index (χ1v) is 10.8. The van der Waals surface area contributed by atoms with Crippen LogP contribution >= 0.6 is 0 Å². The van der Waals surface area contributed by atoms with Gasteiger partial charge in [-0.05, 0) is 33.2 Å². The van der Waals surface area contributed by atoms with E-state index in [1.807, 2.05) is 24.3 Å². The van der Waals surface area contributed by atoms with Crippen molar-refractivity contribution in [1.82, 2.24) is 0 Å². The largest absolute Gasteiger partial charge is 0.150 e. The molecule has 0 radical (unpaired) electrons. The zero-order valence-corrected chi connectivity index (χ0v) is 17.4. The van der Waals surface area contributed by atoms with Crippen molar-refractivity contribution in [3.05, 3.63) is 121 Å². The lowest BCUT2D eigenvalue weighted by Crippen LogP contribution is -1.84. The van der Waals surface area contributed by atoms with Gasteiger partial charge in [0, 0.05) is 16.3 Å². The Morgan fingerprint density at radius 3 is 1.69 bits per heavy atom. The highest BCUT2D eigenvalue weighted by molar-refractivity contribution is 6.06. The van der Waals surface area contributed by atoms with Gasteiger partial charge in [0.2, 0.25) is 0 Å². The van der Waals surface area contributed by atoms with E-state index in [0.717, 1.165) is 38.5 Å². The molecule has 2 heteroatoms. The summed E-state index contributed by atoms with van der Waals surface area (Å²) in [4.78, 5) is 0. The Bertz CT molecular complexity index is 1620. The molecular formula is C30H20N2. The van der Waals surface area contributed by atoms with E-state index < -0.39 is 0 Å². The van der Waals surface area contributed by atoms with Crippen molar-refractivity contribution in [2.45, 2.75) is 0 Å². The standard InChI is InChI=1S/C30H20N2/c1-4-14-24-21(9-1)12-7-17-27(24)28-20-19-23-11-3-6-16-26(23)30(28)32-31-29-18-8-13-22-10-2-5-15-25(22)29/h1-20H. The smallest absolute Gasteiger partial charge is 0.101 e. The molecule has 0 N–H and O–H groups in total. The first-order valence-electron chi connectivity index (χ1n) is 10.8. The molecule has 0 unspecified atom stereocenters. The summed E-state index contributed by atoms with van der Waals surface area (Å²) in [5.41, 5.74) is 4.03. The van der Waals surface area contributed by atoms with Crippen molar-refractivity contribution in [1.29, 1.82) is 0 Å². The van der Waals surface area contributed by atoms with Crippen molar-refractivity contribution in [2.24, 2.45) is 10.2 Å². The van der Waals surface area contributed by atoms with Crippen LogP contribution in [0.15, 0.2) is 132 Å². The topological polar surface area (TPSA) is 24.7 Å². The number of rotatable bonds is 3. The molecule has 0 aliphatic rings. The molecule has 6 aromatic carbocycles. The summed E-state index contributed by atoms with van der Waals surface area (Å²) in [5, 5.41) is 16.6. The lowest BCUT2D eigenvalue weighted by Gasteiger charge is -2.12. The van der Waals surface area contributed by atoms with E-state index in [0.29, 0.717) is 0 Å².